The maximum Gasteiger partial charge on any atom is 0.188 e. The first-order valence-corrected chi connectivity index (χ1v) is 5.06. The second-order valence-corrected chi connectivity index (χ2v) is 3.45. The molecule has 1 aromatic carbocycles. The molecule has 0 aliphatic rings. The van der Waals surface area contributed by atoms with Gasteiger partial charge in [0.1, 0.15) is 12.0 Å². The fourth-order valence-electron chi connectivity index (χ4n) is 1.14. The molecule has 0 amide bonds. The van der Waals surface area contributed by atoms with E-state index in [1.54, 1.807) is 25.3 Å². The Labute approximate surface area is 101 Å². The number of allylic oxidation sites excluding steroid dienone is 1. The highest BCUT2D eigenvalue weighted by Crippen LogP contribution is 2.18. The van der Waals surface area contributed by atoms with Crippen LogP contribution in [0.1, 0.15) is 22.8 Å². The van der Waals surface area contributed by atoms with Crippen molar-refractivity contribution in [2.24, 2.45) is 0 Å². The quantitative estimate of drug-likeness (QED) is 0.452. The number of aldehydes is 1. The van der Waals surface area contributed by atoms with Crippen molar-refractivity contribution in [3.8, 4) is 17.6 Å². The zero-order valence-electron chi connectivity index (χ0n) is 9.95. The SMILES string of the molecule is C=C(C)C#Cc1cc(C=O)ccc1OCOC. The Balaban J connectivity index is 3.08. The molecule has 0 saturated carbocycles. The second kappa shape index (κ2) is 6.51. The monoisotopic (exact) mass is 230 g/mol. The van der Waals surface area contributed by atoms with E-state index < -0.39 is 0 Å². The van der Waals surface area contributed by atoms with Crippen molar-refractivity contribution in [2.45, 2.75) is 6.92 Å². The van der Waals surface area contributed by atoms with Gasteiger partial charge >= 0.3 is 0 Å². The summed E-state index contributed by atoms with van der Waals surface area (Å²) in [6, 6.07) is 5.04. The molecule has 0 aliphatic heterocycles. The van der Waals surface area contributed by atoms with E-state index in [0.717, 1.165) is 11.9 Å². The number of hydrogen-bond acceptors (Lipinski definition) is 3. The van der Waals surface area contributed by atoms with Crippen molar-refractivity contribution in [3.05, 3.63) is 41.5 Å². The van der Waals surface area contributed by atoms with Gasteiger partial charge in [0.15, 0.2) is 6.79 Å². The largest absolute Gasteiger partial charge is 0.466 e. The minimum absolute atomic E-state index is 0.141. The van der Waals surface area contributed by atoms with Crippen LogP contribution in [0.25, 0.3) is 0 Å². The summed E-state index contributed by atoms with van der Waals surface area (Å²) >= 11 is 0. The minimum Gasteiger partial charge on any atom is -0.466 e. The molecule has 88 valence electrons. The van der Waals surface area contributed by atoms with Gasteiger partial charge in [-0.1, -0.05) is 18.4 Å². The number of rotatable bonds is 4. The summed E-state index contributed by atoms with van der Waals surface area (Å²) in [5.74, 6) is 6.35. The molecule has 1 aromatic rings. The van der Waals surface area contributed by atoms with Gasteiger partial charge in [-0.15, -0.1) is 0 Å². The lowest BCUT2D eigenvalue weighted by atomic mass is 10.1. The normalized spacial score (nSPS) is 9.06. The molecule has 3 heteroatoms. The fraction of sp³-hybridized carbons (Fsp3) is 0.214. The fourth-order valence-corrected chi connectivity index (χ4v) is 1.14. The van der Waals surface area contributed by atoms with Crippen LogP contribution in [0.15, 0.2) is 30.4 Å². The molecular formula is C14H14O3. The Kier molecular flexibility index (Phi) is 4.99. The Morgan fingerprint density at radius 3 is 2.88 bits per heavy atom. The Hall–Kier alpha value is -2.05. The molecule has 17 heavy (non-hydrogen) atoms. The Bertz CT molecular complexity index is 478. The Morgan fingerprint density at radius 1 is 1.53 bits per heavy atom. The van der Waals surface area contributed by atoms with Gasteiger partial charge in [0.25, 0.3) is 0 Å². The van der Waals surface area contributed by atoms with Crippen molar-refractivity contribution in [1.82, 2.24) is 0 Å². The number of ether oxygens (including phenoxy) is 2. The highest BCUT2D eigenvalue weighted by Gasteiger charge is 2.02. The van der Waals surface area contributed by atoms with Gasteiger partial charge in [-0.25, -0.2) is 0 Å². The van der Waals surface area contributed by atoms with Crippen LogP contribution in [-0.4, -0.2) is 20.2 Å². The van der Waals surface area contributed by atoms with Crippen molar-refractivity contribution >= 4 is 6.29 Å². The molecule has 0 unspecified atom stereocenters. The first-order chi connectivity index (χ1) is 8.17. The molecule has 0 atom stereocenters. The zero-order valence-corrected chi connectivity index (χ0v) is 9.95. The van der Waals surface area contributed by atoms with Crippen molar-refractivity contribution < 1.29 is 14.3 Å². The smallest absolute Gasteiger partial charge is 0.188 e. The number of carbonyl (C=O) groups is 1. The van der Waals surface area contributed by atoms with E-state index in [-0.39, 0.29) is 6.79 Å². The summed E-state index contributed by atoms with van der Waals surface area (Å²) in [4.78, 5) is 10.7. The molecule has 0 saturated heterocycles. The average molecular weight is 230 g/mol. The maximum atomic E-state index is 10.7. The lowest BCUT2D eigenvalue weighted by Crippen LogP contribution is -2.01. The number of benzene rings is 1. The third-order valence-corrected chi connectivity index (χ3v) is 1.88. The molecule has 0 aliphatic carbocycles. The molecule has 0 fully saturated rings. The first kappa shape index (κ1) is 13.0. The van der Waals surface area contributed by atoms with E-state index in [1.165, 1.54) is 0 Å². The summed E-state index contributed by atoms with van der Waals surface area (Å²) in [6.07, 6.45) is 0.770. The summed E-state index contributed by atoms with van der Waals surface area (Å²) in [5.41, 5.74) is 1.95. The topological polar surface area (TPSA) is 35.5 Å². The molecule has 0 aromatic heterocycles. The van der Waals surface area contributed by atoms with Crippen LogP contribution in [0.2, 0.25) is 0 Å². The predicted molar refractivity (Wildman–Crippen MR) is 66.0 cm³/mol. The third kappa shape index (κ3) is 4.13. The van der Waals surface area contributed by atoms with Gasteiger partial charge in [0.05, 0.1) is 5.56 Å². The molecule has 0 N–H and O–H groups in total. The predicted octanol–water partition coefficient (Wildman–Crippen LogP) is 2.41. The lowest BCUT2D eigenvalue weighted by molar-refractivity contribution is 0.0509. The average Bonchev–Trinajstić information content (AvgIpc) is 2.34. The molecule has 0 heterocycles. The van der Waals surface area contributed by atoms with Gasteiger partial charge in [0, 0.05) is 12.7 Å². The van der Waals surface area contributed by atoms with Crippen molar-refractivity contribution in [2.75, 3.05) is 13.9 Å². The molecule has 0 spiro atoms. The van der Waals surface area contributed by atoms with E-state index in [0.29, 0.717) is 16.9 Å². The third-order valence-electron chi connectivity index (χ3n) is 1.88. The first-order valence-electron chi connectivity index (χ1n) is 5.06. The Morgan fingerprint density at radius 2 is 2.29 bits per heavy atom. The van der Waals surface area contributed by atoms with Crippen LogP contribution >= 0.6 is 0 Å². The number of methoxy groups -OCH3 is 1. The van der Waals surface area contributed by atoms with Crippen molar-refractivity contribution in [3.63, 3.8) is 0 Å². The van der Waals surface area contributed by atoms with Crippen molar-refractivity contribution in [1.29, 1.82) is 0 Å². The maximum absolute atomic E-state index is 10.7. The van der Waals surface area contributed by atoms with E-state index in [9.17, 15) is 4.79 Å². The highest BCUT2D eigenvalue weighted by molar-refractivity contribution is 5.76. The summed E-state index contributed by atoms with van der Waals surface area (Å²) < 4.78 is 10.2. The number of carbonyl (C=O) groups excluding carboxylic acids is 1. The standard InChI is InChI=1S/C14H14O3/c1-11(2)4-6-13-8-12(9-15)5-7-14(13)17-10-16-3/h5,7-9H,1,10H2,2-3H3. The van der Waals surface area contributed by atoms with E-state index in [1.807, 2.05) is 6.92 Å². The van der Waals surface area contributed by atoms with Crippen LogP contribution in [0.3, 0.4) is 0 Å². The van der Waals surface area contributed by atoms with Gasteiger partial charge in [-0.3, -0.25) is 4.79 Å². The van der Waals surface area contributed by atoms with E-state index in [4.69, 9.17) is 9.47 Å². The van der Waals surface area contributed by atoms with Gasteiger partial charge in [-0.2, -0.15) is 0 Å². The number of hydrogen-bond donors (Lipinski definition) is 0. The zero-order chi connectivity index (χ0) is 12.7. The van der Waals surface area contributed by atoms with E-state index in [2.05, 4.69) is 18.4 Å². The van der Waals surface area contributed by atoms with Crippen LogP contribution in [0.5, 0.6) is 5.75 Å². The molecule has 3 nitrogen and oxygen atoms in total. The lowest BCUT2D eigenvalue weighted by Gasteiger charge is -2.07. The molecule has 1 rings (SSSR count). The van der Waals surface area contributed by atoms with Crippen LogP contribution in [-0.2, 0) is 4.74 Å². The molecular weight excluding hydrogens is 216 g/mol. The summed E-state index contributed by atoms with van der Waals surface area (Å²) in [7, 11) is 1.54. The highest BCUT2D eigenvalue weighted by atomic mass is 16.7. The van der Waals surface area contributed by atoms with E-state index >= 15 is 0 Å². The molecule has 0 bridgehead atoms. The second-order valence-electron chi connectivity index (χ2n) is 3.45. The van der Waals surface area contributed by atoms with Gasteiger partial charge < -0.3 is 9.47 Å². The van der Waals surface area contributed by atoms with Gasteiger partial charge in [-0.05, 0) is 30.7 Å². The molecule has 0 radical (unpaired) electrons. The van der Waals surface area contributed by atoms with Crippen LogP contribution in [0.4, 0.5) is 0 Å². The van der Waals surface area contributed by atoms with Crippen LogP contribution < -0.4 is 4.74 Å². The summed E-state index contributed by atoms with van der Waals surface area (Å²) in [5, 5.41) is 0. The minimum atomic E-state index is 0.141. The van der Waals surface area contributed by atoms with Gasteiger partial charge in [0.2, 0.25) is 0 Å². The summed E-state index contributed by atoms with van der Waals surface area (Å²) in [6.45, 7) is 5.65. The van der Waals surface area contributed by atoms with Crippen LogP contribution in [0, 0.1) is 11.8 Å².